The van der Waals surface area contributed by atoms with E-state index in [9.17, 15) is 9.59 Å². The lowest BCUT2D eigenvalue weighted by molar-refractivity contribution is -0.121. The van der Waals surface area contributed by atoms with E-state index in [1.807, 2.05) is 31.2 Å². The van der Waals surface area contributed by atoms with Crippen molar-refractivity contribution in [2.75, 3.05) is 19.7 Å². The van der Waals surface area contributed by atoms with Gasteiger partial charge in [0.2, 0.25) is 5.91 Å². The van der Waals surface area contributed by atoms with Crippen molar-refractivity contribution in [3.63, 3.8) is 0 Å². The zero-order valence-electron chi connectivity index (χ0n) is 13.3. The Bertz CT molecular complexity index is 522. The molecule has 1 aliphatic heterocycles. The van der Waals surface area contributed by atoms with Gasteiger partial charge in [-0.3, -0.25) is 4.79 Å². The Morgan fingerprint density at radius 3 is 2.59 bits per heavy atom. The molecule has 1 fully saturated rings. The highest BCUT2D eigenvalue weighted by atomic mass is 16.6. The number of rotatable bonds is 4. The van der Waals surface area contributed by atoms with Crippen LogP contribution in [0.1, 0.15) is 30.9 Å². The third kappa shape index (κ3) is 4.48. The quantitative estimate of drug-likeness (QED) is 0.928. The first-order chi connectivity index (χ1) is 10.6. The fourth-order valence-electron chi connectivity index (χ4n) is 2.68. The van der Waals surface area contributed by atoms with E-state index in [0.29, 0.717) is 26.1 Å². The van der Waals surface area contributed by atoms with Gasteiger partial charge in [-0.05, 0) is 37.8 Å². The molecular weight excluding hydrogens is 280 g/mol. The molecule has 1 N–H and O–H groups in total. The molecule has 120 valence electrons. The van der Waals surface area contributed by atoms with E-state index in [1.165, 1.54) is 0 Å². The van der Waals surface area contributed by atoms with Crippen LogP contribution >= 0.6 is 0 Å². The number of hydrogen-bond acceptors (Lipinski definition) is 3. The van der Waals surface area contributed by atoms with Gasteiger partial charge in [-0.1, -0.05) is 24.3 Å². The van der Waals surface area contributed by atoms with E-state index in [4.69, 9.17) is 4.74 Å². The summed E-state index contributed by atoms with van der Waals surface area (Å²) in [5.41, 5.74) is 2.19. The van der Waals surface area contributed by atoms with Crippen molar-refractivity contribution >= 4 is 12.0 Å². The summed E-state index contributed by atoms with van der Waals surface area (Å²) >= 11 is 0. The smallest absolute Gasteiger partial charge is 0.409 e. The third-order valence-corrected chi connectivity index (χ3v) is 4.00. The highest BCUT2D eigenvalue weighted by Gasteiger charge is 2.24. The summed E-state index contributed by atoms with van der Waals surface area (Å²) in [5, 5.41) is 3.07. The standard InChI is InChI=1S/C17H24N2O3/c1-3-22-17(21)19-10-8-15(9-11-19)18-16(20)12-14-7-5-4-6-13(14)2/h4-7,15H,3,8-12H2,1-2H3,(H,18,20). The molecule has 22 heavy (non-hydrogen) atoms. The summed E-state index contributed by atoms with van der Waals surface area (Å²) in [5.74, 6) is 0.0453. The Labute approximate surface area is 131 Å². The van der Waals surface area contributed by atoms with Crippen LogP contribution in [-0.4, -0.2) is 42.6 Å². The summed E-state index contributed by atoms with van der Waals surface area (Å²) in [6, 6.07) is 8.07. The van der Waals surface area contributed by atoms with Crippen molar-refractivity contribution in [3.05, 3.63) is 35.4 Å². The number of nitrogens with one attached hydrogen (secondary N) is 1. The van der Waals surface area contributed by atoms with Crippen molar-refractivity contribution in [3.8, 4) is 0 Å². The van der Waals surface area contributed by atoms with E-state index in [1.54, 1.807) is 11.8 Å². The molecule has 0 saturated carbocycles. The SMILES string of the molecule is CCOC(=O)N1CCC(NC(=O)Cc2ccccc2C)CC1. The van der Waals surface area contributed by atoms with Gasteiger partial charge in [0.15, 0.2) is 0 Å². The predicted molar refractivity (Wildman–Crippen MR) is 84.6 cm³/mol. The number of nitrogens with zero attached hydrogens (tertiary/aromatic N) is 1. The van der Waals surface area contributed by atoms with Crippen LogP contribution in [0.25, 0.3) is 0 Å². The van der Waals surface area contributed by atoms with Gasteiger partial charge in [0.1, 0.15) is 0 Å². The Hall–Kier alpha value is -2.04. The number of ether oxygens (including phenoxy) is 1. The minimum absolute atomic E-state index is 0.0453. The fraction of sp³-hybridized carbons (Fsp3) is 0.529. The van der Waals surface area contributed by atoms with Gasteiger partial charge in [-0.25, -0.2) is 4.79 Å². The molecular formula is C17H24N2O3. The topological polar surface area (TPSA) is 58.6 Å². The molecule has 0 unspecified atom stereocenters. The average molecular weight is 304 g/mol. The van der Waals surface area contributed by atoms with Gasteiger partial charge in [0, 0.05) is 19.1 Å². The van der Waals surface area contributed by atoms with Crippen molar-refractivity contribution in [1.29, 1.82) is 0 Å². The van der Waals surface area contributed by atoms with Crippen LogP contribution in [0.4, 0.5) is 4.79 Å². The van der Waals surface area contributed by atoms with Crippen LogP contribution < -0.4 is 5.32 Å². The lowest BCUT2D eigenvalue weighted by atomic mass is 10.0. The van der Waals surface area contributed by atoms with Crippen LogP contribution in [0, 0.1) is 6.92 Å². The molecule has 2 rings (SSSR count). The number of amides is 2. The van der Waals surface area contributed by atoms with Gasteiger partial charge in [0.05, 0.1) is 13.0 Å². The first-order valence-corrected chi connectivity index (χ1v) is 7.85. The molecule has 1 aromatic carbocycles. The molecule has 0 spiro atoms. The second-order valence-electron chi connectivity index (χ2n) is 5.63. The van der Waals surface area contributed by atoms with Gasteiger partial charge in [-0.2, -0.15) is 0 Å². The summed E-state index contributed by atoms with van der Waals surface area (Å²) in [7, 11) is 0. The number of carbonyl (C=O) groups excluding carboxylic acids is 2. The maximum Gasteiger partial charge on any atom is 0.409 e. The minimum Gasteiger partial charge on any atom is -0.450 e. The summed E-state index contributed by atoms with van der Waals surface area (Å²) in [6.45, 7) is 5.48. The highest BCUT2D eigenvalue weighted by molar-refractivity contribution is 5.79. The van der Waals surface area contributed by atoms with E-state index in [2.05, 4.69) is 5.32 Å². The van der Waals surface area contributed by atoms with Crippen molar-refractivity contribution in [1.82, 2.24) is 10.2 Å². The van der Waals surface area contributed by atoms with E-state index in [0.717, 1.165) is 24.0 Å². The van der Waals surface area contributed by atoms with Crippen molar-refractivity contribution in [2.45, 2.75) is 39.2 Å². The Morgan fingerprint density at radius 2 is 1.95 bits per heavy atom. The van der Waals surface area contributed by atoms with Gasteiger partial charge in [0.25, 0.3) is 0 Å². The van der Waals surface area contributed by atoms with Crippen molar-refractivity contribution in [2.24, 2.45) is 0 Å². The van der Waals surface area contributed by atoms with Gasteiger partial charge >= 0.3 is 6.09 Å². The van der Waals surface area contributed by atoms with Crippen LogP contribution in [0.15, 0.2) is 24.3 Å². The largest absolute Gasteiger partial charge is 0.450 e. The van der Waals surface area contributed by atoms with Crippen LogP contribution in [0.2, 0.25) is 0 Å². The molecule has 5 heteroatoms. The molecule has 1 aromatic rings. The number of likely N-dealkylation sites (tertiary alicyclic amines) is 1. The summed E-state index contributed by atoms with van der Waals surface area (Å²) in [6.07, 6.45) is 1.70. The molecule has 0 radical (unpaired) electrons. The first kappa shape index (κ1) is 16.3. The molecule has 0 aromatic heterocycles. The van der Waals surface area contributed by atoms with Gasteiger partial charge in [-0.15, -0.1) is 0 Å². The zero-order chi connectivity index (χ0) is 15.9. The maximum absolute atomic E-state index is 12.1. The van der Waals surface area contributed by atoms with Crippen LogP contribution in [0.5, 0.6) is 0 Å². The van der Waals surface area contributed by atoms with Gasteiger partial charge < -0.3 is 15.0 Å². The zero-order valence-corrected chi connectivity index (χ0v) is 13.3. The van der Waals surface area contributed by atoms with E-state index >= 15 is 0 Å². The summed E-state index contributed by atoms with van der Waals surface area (Å²) in [4.78, 5) is 25.5. The molecule has 0 aliphatic carbocycles. The number of aryl methyl sites for hydroxylation is 1. The predicted octanol–water partition coefficient (Wildman–Crippen LogP) is 2.27. The Balaban J connectivity index is 1.77. The van der Waals surface area contributed by atoms with Crippen LogP contribution in [-0.2, 0) is 16.0 Å². The molecule has 5 nitrogen and oxygen atoms in total. The van der Waals surface area contributed by atoms with Crippen molar-refractivity contribution < 1.29 is 14.3 Å². The monoisotopic (exact) mass is 304 g/mol. The molecule has 1 aliphatic rings. The van der Waals surface area contributed by atoms with E-state index < -0.39 is 0 Å². The number of hydrogen-bond donors (Lipinski definition) is 1. The molecule has 0 bridgehead atoms. The molecule has 1 heterocycles. The van der Waals surface area contributed by atoms with E-state index in [-0.39, 0.29) is 18.0 Å². The fourth-order valence-corrected chi connectivity index (χ4v) is 2.68. The second kappa shape index (κ2) is 7.82. The normalized spacial score (nSPS) is 15.5. The second-order valence-corrected chi connectivity index (χ2v) is 5.63. The Kier molecular flexibility index (Phi) is 5.81. The molecule has 2 amide bonds. The number of piperidine rings is 1. The highest BCUT2D eigenvalue weighted by Crippen LogP contribution is 2.13. The average Bonchev–Trinajstić information content (AvgIpc) is 2.50. The lowest BCUT2D eigenvalue weighted by Gasteiger charge is -2.31. The minimum atomic E-state index is -0.257. The summed E-state index contributed by atoms with van der Waals surface area (Å²) < 4.78 is 4.99. The Morgan fingerprint density at radius 1 is 1.27 bits per heavy atom. The molecule has 0 atom stereocenters. The number of carbonyl (C=O) groups is 2. The third-order valence-electron chi connectivity index (χ3n) is 4.00. The van der Waals surface area contributed by atoms with Crippen LogP contribution in [0.3, 0.4) is 0 Å². The maximum atomic E-state index is 12.1. The molecule has 1 saturated heterocycles. The number of benzene rings is 1. The lowest BCUT2D eigenvalue weighted by Crippen LogP contribution is -2.47. The first-order valence-electron chi connectivity index (χ1n) is 7.85.